The van der Waals surface area contributed by atoms with Gasteiger partial charge in [0.2, 0.25) is 11.3 Å². The van der Waals surface area contributed by atoms with E-state index in [4.69, 9.17) is 14.1 Å². The zero-order valence-electron chi connectivity index (χ0n) is 16.2. The summed E-state index contributed by atoms with van der Waals surface area (Å²) in [7, 11) is 0. The number of fused-ring (bicyclic) bond motifs is 1. The Morgan fingerprint density at radius 1 is 0.897 bits per heavy atom. The van der Waals surface area contributed by atoms with Gasteiger partial charge in [-0.2, -0.15) is 0 Å². The van der Waals surface area contributed by atoms with Crippen LogP contribution < -0.4 is 10.2 Å². The molecule has 0 spiro atoms. The Morgan fingerprint density at radius 3 is 2.34 bits per heavy atom. The molecule has 1 N–H and O–H groups in total. The molecule has 2 saturated heterocycles. The number of anilines is 2. The minimum Gasteiger partial charge on any atom is -0.381 e. The molecule has 0 bridgehead atoms. The Bertz CT molecular complexity index is 951. The van der Waals surface area contributed by atoms with E-state index in [2.05, 4.69) is 60.8 Å². The summed E-state index contributed by atoms with van der Waals surface area (Å²) in [6.07, 6.45) is 1.91. The largest absolute Gasteiger partial charge is 0.381 e. The van der Waals surface area contributed by atoms with Crippen molar-refractivity contribution in [2.45, 2.75) is 18.3 Å². The van der Waals surface area contributed by atoms with Gasteiger partial charge in [-0.25, -0.2) is 14.6 Å². The molecule has 1 aromatic carbocycles. The first-order valence-corrected chi connectivity index (χ1v) is 10.0. The summed E-state index contributed by atoms with van der Waals surface area (Å²) in [6, 6.07) is 10.6. The van der Waals surface area contributed by atoms with Crippen LogP contribution in [-0.2, 0) is 14.9 Å². The predicted molar refractivity (Wildman–Crippen MR) is 107 cm³/mol. The second kappa shape index (κ2) is 7.92. The topological polar surface area (TPSA) is 98.4 Å². The minimum atomic E-state index is -0.0134. The lowest BCUT2D eigenvalue weighted by Gasteiger charge is -2.38. The van der Waals surface area contributed by atoms with Gasteiger partial charge in [0.1, 0.15) is 0 Å². The molecular weight excluding hydrogens is 372 g/mol. The third-order valence-corrected chi connectivity index (χ3v) is 5.84. The number of hydrogen-bond donors (Lipinski definition) is 1. The number of rotatable bonds is 5. The SMILES string of the molecule is c1ccc(C2(CNc3nc4nonc4nc3N3CCOCC3)CCOCC2)cc1. The first-order valence-electron chi connectivity index (χ1n) is 10.0. The van der Waals surface area contributed by atoms with Gasteiger partial charge in [-0.1, -0.05) is 30.3 Å². The van der Waals surface area contributed by atoms with Gasteiger partial charge in [-0.15, -0.1) is 0 Å². The van der Waals surface area contributed by atoms with Crippen LogP contribution in [0.25, 0.3) is 11.3 Å². The van der Waals surface area contributed by atoms with Crippen LogP contribution in [-0.4, -0.2) is 66.3 Å². The zero-order chi connectivity index (χ0) is 19.5. The molecule has 5 rings (SSSR count). The van der Waals surface area contributed by atoms with Crippen molar-refractivity contribution in [3.63, 3.8) is 0 Å². The highest BCUT2D eigenvalue weighted by atomic mass is 16.6. The summed E-state index contributed by atoms with van der Waals surface area (Å²) < 4.78 is 16.0. The Labute approximate surface area is 168 Å². The van der Waals surface area contributed by atoms with Gasteiger partial charge in [-0.05, 0) is 28.7 Å². The van der Waals surface area contributed by atoms with Crippen molar-refractivity contribution >= 4 is 22.9 Å². The Balaban J connectivity index is 1.47. The Kier molecular flexibility index (Phi) is 4.99. The lowest BCUT2D eigenvalue weighted by Crippen LogP contribution is -2.41. The van der Waals surface area contributed by atoms with Gasteiger partial charge in [0.15, 0.2) is 11.6 Å². The van der Waals surface area contributed by atoms with E-state index in [9.17, 15) is 0 Å². The van der Waals surface area contributed by atoms with Crippen molar-refractivity contribution in [2.75, 3.05) is 56.3 Å². The van der Waals surface area contributed by atoms with Gasteiger partial charge >= 0.3 is 0 Å². The number of ether oxygens (including phenoxy) is 2. The van der Waals surface area contributed by atoms with Crippen molar-refractivity contribution in [3.8, 4) is 0 Å². The van der Waals surface area contributed by atoms with E-state index in [-0.39, 0.29) is 5.41 Å². The highest BCUT2D eigenvalue weighted by molar-refractivity contribution is 5.74. The fraction of sp³-hybridized carbons (Fsp3) is 0.500. The summed E-state index contributed by atoms with van der Waals surface area (Å²) in [4.78, 5) is 11.5. The van der Waals surface area contributed by atoms with Crippen molar-refractivity contribution in [1.82, 2.24) is 20.3 Å². The van der Waals surface area contributed by atoms with E-state index >= 15 is 0 Å². The maximum atomic E-state index is 5.66. The number of aromatic nitrogens is 4. The van der Waals surface area contributed by atoms with E-state index in [0.717, 1.165) is 51.5 Å². The summed E-state index contributed by atoms with van der Waals surface area (Å²) in [5.74, 6) is 1.48. The lowest BCUT2D eigenvalue weighted by atomic mass is 9.74. The zero-order valence-corrected chi connectivity index (χ0v) is 16.2. The van der Waals surface area contributed by atoms with Gasteiger partial charge in [0.05, 0.1) is 13.2 Å². The summed E-state index contributed by atoms with van der Waals surface area (Å²) in [5.41, 5.74) is 2.13. The maximum Gasteiger partial charge on any atom is 0.245 e. The maximum absolute atomic E-state index is 5.66. The van der Waals surface area contributed by atoms with E-state index in [0.29, 0.717) is 30.3 Å². The summed E-state index contributed by atoms with van der Waals surface area (Å²) in [6.45, 7) is 5.11. The lowest BCUT2D eigenvalue weighted by molar-refractivity contribution is 0.0543. The third kappa shape index (κ3) is 3.63. The van der Waals surface area contributed by atoms with E-state index in [1.54, 1.807) is 0 Å². The molecule has 0 unspecified atom stereocenters. The van der Waals surface area contributed by atoms with Crippen LogP contribution in [0.15, 0.2) is 35.0 Å². The molecule has 0 saturated carbocycles. The number of hydrogen-bond acceptors (Lipinski definition) is 9. The molecule has 9 nitrogen and oxygen atoms in total. The van der Waals surface area contributed by atoms with Crippen LogP contribution in [0.2, 0.25) is 0 Å². The second-order valence-electron chi connectivity index (χ2n) is 7.52. The summed E-state index contributed by atoms with van der Waals surface area (Å²) in [5, 5.41) is 11.3. The Hall–Kier alpha value is -2.78. The molecular formula is C20H24N6O3. The highest BCUT2D eigenvalue weighted by Crippen LogP contribution is 2.36. The molecule has 4 heterocycles. The molecule has 0 amide bonds. The first kappa shape index (κ1) is 18.3. The van der Waals surface area contributed by atoms with Crippen molar-refractivity contribution in [2.24, 2.45) is 0 Å². The third-order valence-electron chi connectivity index (χ3n) is 5.84. The first-order chi connectivity index (χ1) is 14.3. The van der Waals surface area contributed by atoms with Crippen molar-refractivity contribution in [1.29, 1.82) is 0 Å². The minimum absolute atomic E-state index is 0.0134. The van der Waals surface area contributed by atoms with Crippen molar-refractivity contribution in [3.05, 3.63) is 35.9 Å². The highest BCUT2D eigenvalue weighted by Gasteiger charge is 2.35. The molecule has 3 aromatic rings. The standard InChI is InChI=1S/C20H24N6O3/c1-2-4-15(5-3-1)20(6-10-27-11-7-20)14-21-18-19(26-8-12-28-13-9-26)23-17-16(22-18)24-29-25-17/h1-5H,6-14H2,(H,21,22,24). The normalized spacial score (nSPS) is 19.4. The molecule has 152 valence electrons. The predicted octanol–water partition coefficient (Wildman–Crippen LogP) is 2.01. The van der Waals surface area contributed by atoms with Gasteiger partial charge in [0, 0.05) is 38.3 Å². The average molecular weight is 396 g/mol. The number of nitrogens with zero attached hydrogens (tertiary/aromatic N) is 5. The fourth-order valence-corrected chi connectivity index (χ4v) is 4.12. The quantitative estimate of drug-likeness (QED) is 0.694. The number of morpholine rings is 1. The van der Waals surface area contributed by atoms with Crippen LogP contribution in [0.1, 0.15) is 18.4 Å². The van der Waals surface area contributed by atoms with Gasteiger partial charge in [0.25, 0.3) is 0 Å². The van der Waals surface area contributed by atoms with Crippen LogP contribution in [0.4, 0.5) is 11.6 Å². The van der Waals surface area contributed by atoms with Crippen LogP contribution in [0, 0.1) is 0 Å². The molecule has 2 fully saturated rings. The molecule has 9 heteroatoms. The smallest absolute Gasteiger partial charge is 0.245 e. The second-order valence-corrected chi connectivity index (χ2v) is 7.52. The molecule has 0 radical (unpaired) electrons. The Morgan fingerprint density at radius 2 is 1.59 bits per heavy atom. The fourth-order valence-electron chi connectivity index (χ4n) is 4.12. The van der Waals surface area contributed by atoms with Crippen molar-refractivity contribution < 1.29 is 14.1 Å². The van der Waals surface area contributed by atoms with E-state index in [1.165, 1.54) is 5.56 Å². The van der Waals surface area contributed by atoms with Crippen LogP contribution in [0.5, 0.6) is 0 Å². The molecule has 2 aromatic heterocycles. The summed E-state index contributed by atoms with van der Waals surface area (Å²) >= 11 is 0. The van der Waals surface area contributed by atoms with E-state index in [1.807, 2.05) is 0 Å². The van der Waals surface area contributed by atoms with Crippen LogP contribution >= 0.6 is 0 Å². The average Bonchev–Trinajstić information content (AvgIpc) is 3.26. The molecule has 2 aliphatic heterocycles. The monoisotopic (exact) mass is 396 g/mol. The molecule has 29 heavy (non-hydrogen) atoms. The van der Waals surface area contributed by atoms with Gasteiger partial charge in [-0.3, -0.25) is 0 Å². The van der Waals surface area contributed by atoms with Crippen LogP contribution in [0.3, 0.4) is 0 Å². The van der Waals surface area contributed by atoms with E-state index < -0.39 is 0 Å². The van der Waals surface area contributed by atoms with Gasteiger partial charge < -0.3 is 19.7 Å². The number of nitrogens with one attached hydrogen (secondary N) is 1. The molecule has 0 atom stereocenters. The molecule has 0 aliphatic carbocycles. The number of benzene rings is 1. The molecule has 2 aliphatic rings.